The Morgan fingerprint density at radius 2 is 2.25 bits per heavy atom. The van der Waals surface area contributed by atoms with Crippen LogP contribution in [-0.2, 0) is 0 Å². The van der Waals surface area contributed by atoms with Crippen LogP contribution < -0.4 is 5.32 Å². The van der Waals surface area contributed by atoms with Gasteiger partial charge in [0.2, 0.25) is 0 Å². The Balaban J connectivity index is 3.19. The van der Waals surface area contributed by atoms with Crippen LogP contribution in [0.4, 0.5) is 0 Å². The van der Waals surface area contributed by atoms with Gasteiger partial charge in [0.1, 0.15) is 0 Å². The summed E-state index contributed by atoms with van der Waals surface area (Å²) in [6.45, 7) is 4.64. The van der Waals surface area contributed by atoms with Crippen LogP contribution in [0.3, 0.4) is 0 Å². The van der Waals surface area contributed by atoms with E-state index in [4.69, 9.17) is 5.11 Å². The van der Waals surface area contributed by atoms with Crippen LogP contribution in [0.15, 0.2) is 0 Å². The van der Waals surface area contributed by atoms with Gasteiger partial charge in [0.25, 0.3) is 0 Å². The van der Waals surface area contributed by atoms with E-state index in [1.807, 2.05) is 11.8 Å². The average molecular weight is 191 g/mol. The molecule has 0 heterocycles. The van der Waals surface area contributed by atoms with Gasteiger partial charge in [0, 0.05) is 18.9 Å². The zero-order valence-corrected chi connectivity index (χ0v) is 8.99. The van der Waals surface area contributed by atoms with Gasteiger partial charge in [-0.1, -0.05) is 13.3 Å². The van der Waals surface area contributed by atoms with Crippen LogP contribution in [0.25, 0.3) is 0 Å². The van der Waals surface area contributed by atoms with Gasteiger partial charge in [-0.15, -0.1) is 0 Å². The molecule has 2 nitrogen and oxygen atoms in total. The molecular formula is C9H21NOS. The summed E-state index contributed by atoms with van der Waals surface area (Å²) in [5, 5.41) is 12.1. The second-order valence-corrected chi connectivity index (χ2v) is 3.97. The lowest BCUT2D eigenvalue weighted by molar-refractivity contribution is 0.252. The molecule has 12 heavy (non-hydrogen) atoms. The summed E-state index contributed by atoms with van der Waals surface area (Å²) in [6, 6.07) is 0. The molecule has 0 radical (unpaired) electrons. The van der Waals surface area contributed by atoms with E-state index in [1.165, 1.54) is 5.75 Å². The van der Waals surface area contributed by atoms with Crippen molar-refractivity contribution in [1.29, 1.82) is 0 Å². The van der Waals surface area contributed by atoms with Crippen molar-refractivity contribution in [3.8, 4) is 0 Å². The van der Waals surface area contributed by atoms with Crippen LogP contribution in [-0.4, -0.2) is 36.8 Å². The molecule has 0 aliphatic rings. The fraction of sp³-hybridized carbons (Fsp3) is 1.00. The molecule has 0 aromatic carbocycles. The van der Waals surface area contributed by atoms with Crippen molar-refractivity contribution < 1.29 is 5.11 Å². The highest BCUT2D eigenvalue weighted by Gasteiger charge is 2.03. The number of hydrogen-bond acceptors (Lipinski definition) is 3. The van der Waals surface area contributed by atoms with Crippen molar-refractivity contribution in [2.24, 2.45) is 5.92 Å². The smallest absolute Gasteiger partial charge is 0.0434 e. The Hall–Kier alpha value is 0.270. The number of rotatable bonds is 8. The molecule has 0 aromatic rings. The van der Waals surface area contributed by atoms with Crippen LogP contribution >= 0.6 is 11.8 Å². The summed E-state index contributed by atoms with van der Waals surface area (Å²) < 4.78 is 0. The van der Waals surface area contributed by atoms with E-state index in [0.717, 1.165) is 25.9 Å². The first-order valence-corrected chi connectivity index (χ1v) is 6.05. The monoisotopic (exact) mass is 191 g/mol. The minimum absolute atomic E-state index is 0.322. The molecule has 0 bridgehead atoms. The lowest BCUT2D eigenvalue weighted by Crippen LogP contribution is -2.25. The second kappa shape index (κ2) is 9.36. The Labute approximate surface area is 80.1 Å². The maximum Gasteiger partial charge on any atom is 0.0434 e. The quantitative estimate of drug-likeness (QED) is 0.568. The largest absolute Gasteiger partial charge is 0.396 e. The summed E-state index contributed by atoms with van der Waals surface area (Å²) >= 11 is 1.86. The van der Waals surface area contributed by atoms with Gasteiger partial charge in [0.15, 0.2) is 0 Å². The molecule has 0 amide bonds. The van der Waals surface area contributed by atoms with Crippen molar-refractivity contribution in [2.45, 2.75) is 19.8 Å². The van der Waals surface area contributed by atoms with Crippen LogP contribution in [0, 0.1) is 5.92 Å². The van der Waals surface area contributed by atoms with Crippen LogP contribution in [0.5, 0.6) is 0 Å². The van der Waals surface area contributed by atoms with Crippen molar-refractivity contribution >= 4 is 11.8 Å². The van der Waals surface area contributed by atoms with Gasteiger partial charge in [0.05, 0.1) is 0 Å². The normalized spacial score (nSPS) is 13.2. The zero-order valence-electron chi connectivity index (χ0n) is 8.18. The second-order valence-electron chi connectivity index (χ2n) is 2.98. The van der Waals surface area contributed by atoms with Crippen molar-refractivity contribution in [2.75, 3.05) is 31.7 Å². The number of aliphatic hydroxyl groups excluding tert-OH is 1. The van der Waals surface area contributed by atoms with E-state index in [9.17, 15) is 0 Å². The fourth-order valence-corrected chi connectivity index (χ4v) is 1.46. The Kier molecular flexibility index (Phi) is 9.57. The first-order valence-electron chi connectivity index (χ1n) is 4.65. The topological polar surface area (TPSA) is 32.3 Å². The number of hydrogen-bond donors (Lipinski definition) is 2. The molecule has 1 atom stereocenters. The fourth-order valence-electron chi connectivity index (χ4n) is 1.11. The minimum Gasteiger partial charge on any atom is -0.396 e. The first-order chi connectivity index (χ1) is 5.85. The Morgan fingerprint density at radius 1 is 1.50 bits per heavy atom. The SMILES string of the molecule is CCC(CCO)CNCCSC. The molecule has 0 aliphatic carbocycles. The standard InChI is InChI=1S/C9H21NOS/c1-3-9(4-6-11)8-10-5-7-12-2/h9-11H,3-8H2,1-2H3. The van der Waals surface area contributed by atoms with E-state index in [0.29, 0.717) is 12.5 Å². The van der Waals surface area contributed by atoms with Gasteiger partial charge < -0.3 is 10.4 Å². The Bertz CT molecular complexity index is 90.6. The predicted molar refractivity (Wildman–Crippen MR) is 56.7 cm³/mol. The maximum atomic E-state index is 8.74. The summed E-state index contributed by atoms with van der Waals surface area (Å²) in [5.41, 5.74) is 0. The van der Waals surface area contributed by atoms with Crippen molar-refractivity contribution in [3.05, 3.63) is 0 Å². The van der Waals surface area contributed by atoms with E-state index in [-0.39, 0.29) is 0 Å². The highest BCUT2D eigenvalue weighted by Crippen LogP contribution is 2.05. The third-order valence-corrected chi connectivity index (χ3v) is 2.64. The molecule has 0 fully saturated rings. The third-order valence-electron chi connectivity index (χ3n) is 2.03. The zero-order chi connectivity index (χ0) is 9.23. The molecule has 0 saturated heterocycles. The Morgan fingerprint density at radius 3 is 2.75 bits per heavy atom. The first kappa shape index (κ1) is 12.3. The molecule has 0 rings (SSSR count). The lowest BCUT2D eigenvalue weighted by atomic mass is 10.0. The number of aliphatic hydroxyl groups is 1. The van der Waals surface area contributed by atoms with Gasteiger partial charge in [-0.3, -0.25) is 0 Å². The number of nitrogens with one attached hydrogen (secondary N) is 1. The summed E-state index contributed by atoms with van der Waals surface area (Å²) in [7, 11) is 0. The van der Waals surface area contributed by atoms with Gasteiger partial charge in [-0.2, -0.15) is 11.8 Å². The lowest BCUT2D eigenvalue weighted by Gasteiger charge is -2.13. The molecule has 0 spiro atoms. The molecule has 2 N–H and O–H groups in total. The predicted octanol–water partition coefficient (Wildman–Crippen LogP) is 1.35. The van der Waals surface area contributed by atoms with Gasteiger partial charge >= 0.3 is 0 Å². The van der Waals surface area contributed by atoms with Crippen molar-refractivity contribution in [3.63, 3.8) is 0 Å². The number of thioether (sulfide) groups is 1. The highest BCUT2D eigenvalue weighted by molar-refractivity contribution is 7.98. The summed E-state index contributed by atoms with van der Waals surface area (Å²) in [4.78, 5) is 0. The molecule has 0 aromatic heterocycles. The van der Waals surface area contributed by atoms with E-state index < -0.39 is 0 Å². The average Bonchev–Trinajstić information content (AvgIpc) is 2.10. The summed E-state index contributed by atoms with van der Waals surface area (Å²) in [5.74, 6) is 1.83. The van der Waals surface area contributed by atoms with E-state index in [1.54, 1.807) is 0 Å². The molecule has 0 saturated carbocycles. The maximum absolute atomic E-state index is 8.74. The van der Waals surface area contributed by atoms with Gasteiger partial charge in [-0.05, 0) is 25.1 Å². The molecule has 0 aliphatic heterocycles. The van der Waals surface area contributed by atoms with Gasteiger partial charge in [-0.25, -0.2) is 0 Å². The van der Waals surface area contributed by atoms with Crippen LogP contribution in [0.1, 0.15) is 19.8 Å². The van der Waals surface area contributed by atoms with E-state index in [2.05, 4.69) is 18.5 Å². The molecular weight excluding hydrogens is 170 g/mol. The molecule has 74 valence electrons. The van der Waals surface area contributed by atoms with Crippen LogP contribution in [0.2, 0.25) is 0 Å². The highest BCUT2D eigenvalue weighted by atomic mass is 32.2. The molecule has 1 unspecified atom stereocenters. The van der Waals surface area contributed by atoms with Crippen molar-refractivity contribution in [1.82, 2.24) is 5.32 Å². The summed E-state index contributed by atoms with van der Waals surface area (Å²) in [6.07, 6.45) is 4.21. The molecule has 3 heteroatoms. The third kappa shape index (κ3) is 6.95. The van der Waals surface area contributed by atoms with E-state index >= 15 is 0 Å². The minimum atomic E-state index is 0.322.